The van der Waals surface area contributed by atoms with Gasteiger partial charge in [0, 0.05) is 31.8 Å². The van der Waals surface area contributed by atoms with Gasteiger partial charge < -0.3 is 15.4 Å². The molecule has 0 saturated heterocycles. The third kappa shape index (κ3) is 6.28. The number of guanidine groups is 1. The number of aliphatic imine (C=N–C) groups is 1. The molecule has 0 amide bonds. The first kappa shape index (κ1) is 19.7. The van der Waals surface area contributed by atoms with E-state index < -0.39 is 9.84 Å². The maximum absolute atomic E-state index is 14.0. The third-order valence-electron chi connectivity index (χ3n) is 4.25. The van der Waals surface area contributed by atoms with Crippen LogP contribution in [0.25, 0.3) is 0 Å². The summed E-state index contributed by atoms with van der Waals surface area (Å²) >= 11 is 0. The zero-order valence-electron chi connectivity index (χ0n) is 14.7. The van der Waals surface area contributed by atoms with Crippen LogP contribution < -0.4 is 10.6 Å². The average molecular weight is 371 g/mol. The van der Waals surface area contributed by atoms with Crippen molar-refractivity contribution >= 4 is 15.8 Å². The molecule has 1 aliphatic rings. The smallest absolute Gasteiger partial charge is 0.191 e. The molecule has 1 fully saturated rings. The molecule has 1 saturated carbocycles. The molecular formula is C17H26FN3O3S. The molecule has 0 unspecified atom stereocenters. The molecule has 2 rings (SSSR count). The number of hydrogen-bond acceptors (Lipinski definition) is 4. The Bertz CT molecular complexity index is 703. The van der Waals surface area contributed by atoms with Crippen molar-refractivity contribution < 1.29 is 17.5 Å². The van der Waals surface area contributed by atoms with Gasteiger partial charge in [-0.3, -0.25) is 4.99 Å². The van der Waals surface area contributed by atoms with E-state index in [0.29, 0.717) is 25.7 Å². The molecule has 2 N–H and O–H groups in total. The van der Waals surface area contributed by atoms with Crippen LogP contribution in [0.3, 0.4) is 0 Å². The Balaban J connectivity index is 1.72. The predicted molar refractivity (Wildman–Crippen MR) is 97.2 cm³/mol. The number of ether oxygens (including phenoxy) is 1. The van der Waals surface area contributed by atoms with Crippen LogP contribution in [0.2, 0.25) is 0 Å². The van der Waals surface area contributed by atoms with E-state index in [-0.39, 0.29) is 23.6 Å². The molecule has 8 heteroatoms. The van der Waals surface area contributed by atoms with Gasteiger partial charge in [-0.05, 0) is 24.5 Å². The number of hydrogen-bond donors (Lipinski definition) is 2. The molecular weight excluding hydrogens is 345 g/mol. The molecule has 0 aromatic heterocycles. The monoisotopic (exact) mass is 371 g/mol. The van der Waals surface area contributed by atoms with Crippen LogP contribution in [-0.2, 0) is 20.0 Å². The van der Waals surface area contributed by atoms with Gasteiger partial charge in [-0.2, -0.15) is 0 Å². The number of benzene rings is 1. The SMILES string of the molecule is CN=C(NCCOCCS(C)(=O)=O)NCC1(c2ccccc2F)CC1. The van der Waals surface area contributed by atoms with E-state index in [9.17, 15) is 12.8 Å². The molecule has 1 aromatic carbocycles. The normalized spacial score (nSPS) is 16.5. The first-order valence-corrected chi connectivity index (χ1v) is 10.4. The van der Waals surface area contributed by atoms with Gasteiger partial charge >= 0.3 is 0 Å². The molecule has 140 valence electrons. The largest absolute Gasteiger partial charge is 0.379 e. The van der Waals surface area contributed by atoms with E-state index in [0.717, 1.165) is 18.4 Å². The highest BCUT2D eigenvalue weighted by molar-refractivity contribution is 7.90. The molecule has 0 atom stereocenters. The second-order valence-electron chi connectivity index (χ2n) is 6.35. The van der Waals surface area contributed by atoms with Crippen LogP contribution >= 0.6 is 0 Å². The Labute approximate surface area is 148 Å². The molecule has 0 spiro atoms. The van der Waals surface area contributed by atoms with Crippen molar-refractivity contribution in [1.29, 1.82) is 0 Å². The lowest BCUT2D eigenvalue weighted by Crippen LogP contribution is -2.42. The quantitative estimate of drug-likeness (QED) is 0.386. The fourth-order valence-electron chi connectivity index (χ4n) is 2.61. The zero-order chi connectivity index (χ0) is 18.3. The summed E-state index contributed by atoms with van der Waals surface area (Å²) in [6.07, 6.45) is 3.09. The minimum atomic E-state index is -2.99. The van der Waals surface area contributed by atoms with Gasteiger partial charge in [-0.25, -0.2) is 12.8 Å². The van der Waals surface area contributed by atoms with Gasteiger partial charge in [-0.15, -0.1) is 0 Å². The Morgan fingerprint density at radius 1 is 1.28 bits per heavy atom. The van der Waals surface area contributed by atoms with Crippen molar-refractivity contribution in [2.45, 2.75) is 18.3 Å². The second-order valence-corrected chi connectivity index (χ2v) is 8.61. The van der Waals surface area contributed by atoms with Crippen molar-refractivity contribution in [1.82, 2.24) is 10.6 Å². The van der Waals surface area contributed by atoms with Crippen molar-refractivity contribution in [3.8, 4) is 0 Å². The van der Waals surface area contributed by atoms with Crippen molar-refractivity contribution in [3.63, 3.8) is 0 Å². The van der Waals surface area contributed by atoms with Gasteiger partial charge in [0.1, 0.15) is 15.7 Å². The van der Waals surface area contributed by atoms with Crippen molar-refractivity contribution in [3.05, 3.63) is 35.6 Å². The Kier molecular flexibility index (Phi) is 6.78. The fourth-order valence-corrected chi connectivity index (χ4v) is 3.03. The van der Waals surface area contributed by atoms with Crippen LogP contribution in [0.1, 0.15) is 18.4 Å². The summed E-state index contributed by atoms with van der Waals surface area (Å²) in [5, 5.41) is 6.34. The molecule has 25 heavy (non-hydrogen) atoms. The standard InChI is InChI=1S/C17H26FN3O3S/c1-19-16(20-9-10-24-11-12-25(2,22)23)21-13-17(7-8-17)14-5-3-4-6-15(14)18/h3-6H,7-13H2,1-2H3,(H2,19,20,21). The molecule has 0 aliphatic heterocycles. The summed E-state index contributed by atoms with van der Waals surface area (Å²) in [7, 11) is -1.32. The first-order valence-electron chi connectivity index (χ1n) is 8.31. The van der Waals surface area contributed by atoms with Crippen LogP contribution in [-0.4, -0.2) is 59.7 Å². The summed E-state index contributed by atoms with van der Waals surface area (Å²) in [5.74, 6) is 0.476. The van der Waals surface area contributed by atoms with E-state index in [2.05, 4.69) is 15.6 Å². The summed E-state index contributed by atoms with van der Waals surface area (Å²) < 4.78 is 41.3. The van der Waals surface area contributed by atoms with E-state index in [1.807, 2.05) is 12.1 Å². The number of sulfone groups is 1. The van der Waals surface area contributed by atoms with E-state index in [4.69, 9.17) is 4.74 Å². The predicted octanol–water partition coefficient (Wildman–Crippen LogP) is 1.08. The van der Waals surface area contributed by atoms with Gasteiger partial charge in [0.2, 0.25) is 0 Å². The maximum Gasteiger partial charge on any atom is 0.191 e. The first-order chi connectivity index (χ1) is 11.9. The van der Waals surface area contributed by atoms with Crippen LogP contribution in [0.15, 0.2) is 29.3 Å². The van der Waals surface area contributed by atoms with E-state index >= 15 is 0 Å². The highest BCUT2D eigenvalue weighted by Crippen LogP contribution is 2.48. The summed E-state index contributed by atoms with van der Waals surface area (Å²) in [4.78, 5) is 4.14. The van der Waals surface area contributed by atoms with Crippen molar-refractivity contribution in [2.75, 3.05) is 45.4 Å². The van der Waals surface area contributed by atoms with E-state index in [1.54, 1.807) is 13.1 Å². The molecule has 1 aliphatic carbocycles. The van der Waals surface area contributed by atoms with E-state index in [1.165, 1.54) is 12.3 Å². The van der Waals surface area contributed by atoms with Crippen LogP contribution in [0.5, 0.6) is 0 Å². The fraction of sp³-hybridized carbons (Fsp3) is 0.588. The molecule has 1 aromatic rings. The lowest BCUT2D eigenvalue weighted by atomic mass is 9.95. The Hall–Kier alpha value is -1.67. The number of rotatable bonds is 9. The molecule has 6 nitrogen and oxygen atoms in total. The number of halogens is 1. The topological polar surface area (TPSA) is 79.8 Å². The highest BCUT2D eigenvalue weighted by atomic mass is 32.2. The van der Waals surface area contributed by atoms with Gasteiger partial charge in [0.15, 0.2) is 5.96 Å². The van der Waals surface area contributed by atoms with Crippen molar-refractivity contribution in [2.24, 2.45) is 4.99 Å². The highest BCUT2D eigenvalue weighted by Gasteiger charge is 2.45. The number of nitrogens with one attached hydrogen (secondary N) is 2. The summed E-state index contributed by atoms with van der Waals surface area (Å²) in [6.45, 7) is 1.69. The summed E-state index contributed by atoms with van der Waals surface area (Å²) in [6, 6.07) is 6.90. The van der Waals surface area contributed by atoms with Crippen LogP contribution in [0.4, 0.5) is 4.39 Å². The Morgan fingerprint density at radius 2 is 2.00 bits per heavy atom. The third-order valence-corrected chi connectivity index (χ3v) is 5.16. The van der Waals surface area contributed by atoms with Gasteiger partial charge in [0.25, 0.3) is 0 Å². The molecule has 0 heterocycles. The average Bonchev–Trinajstić information content (AvgIpc) is 3.34. The number of nitrogens with zero attached hydrogens (tertiary/aromatic N) is 1. The van der Waals surface area contributed by atoms with Gasteiger partial charge in [0.05, 0.1) is 19.0 Å². The lowest BCUT2D eigenvalue weighted by molar-refractivity contribution is 0.154. The Morgan fingerprint density at radius 3 is 2.60 bits per heavy atom. The minimum Gasteiger partial charge on any atom is -0.379 e. The van der Waals surface area contributed by atoms with Gasteiger partial charge in [-0.1, -0.05) is 18.2 Å². The maximum atomic E-state index is 14.0. The summed E-state index contributed by atoms with van der Waals surface area (Å²) in [5.41, 5.74) is 0.594. The second kappa shape index (κ2) is 8.62. The zero-order valence-corrected chi connectivity index (χ0v) is 15.5. The minimum absolute atomic E-state index is 0.0190. The van der Waals surface area contributed by atoms with Crippen LogP contribution in [0, 0.1) is 5.82 Å². The molecule has 0 radical (unpaired) electrons. The molecule has 0 bridgehead atoms. The lowest BCUT2D eigenvalue weighted by Gasteiger charge is -2.19.